The summed E-state index contributed by atoms with van der Waals surface area (Å²) in [6, 6.07) is 4.54. The quantitative estimate of drug-likeness (QED) is 0.428. The van der Waals surface area contributed by atoms with Crippen LogP contribution in [0.25, 0.3) is 0 Å². The molecule has 0 saturated heterocycles. The fourth-order valence-corrected chi connectivity index (χ4v) is 1.22. The molecule has 17 heavy (non-hydrogen) atoms. The largest absolute Gasteiger partial charge is 0.364 e. The van der Waals surface area contributed by atoms with Gasteiger partial charge in [-0.05, 0) is 18.2 Å². The Labute approximate surface area is 107 Å². The second kappa shape index (κ2) is 5.51. The smallest absolute Gasteiger partial charge is 0.274 e. The van der Waals surface area contributed by atoms with Gasteiger partial charge in [0.05, 0.1) is 15.7 Å². The van der Waals surface area contributed by atoms with Crippen molar-refractivity contribution in [2.45, 2.75) is 0 Å². The fraction of sp³-hybridized carbons (Fsp3) is 0. The molecule has 0 saturated carbocycles. The van der Waals surface area contributed by atoms with Crippen LogP contribution in [0, 0.1) is 0 Å². The fourth-order valence-electron chi connectivity index (χ4n) is 0.918. The molecule has 0 fully saturated rings. The van der Waals surface area contributed by atoms with Crippen LogP contribution in [0.3, 0.4) is 0 Å². The Hall–Kier alpha value is -1.79. The zero-order valence-corrected chi connectivity index (χ0v) is 9.92. The molecule has 0 heterocycles. The summed E-state index contributed by atoms with van der Waals surface area (Å²) in [5.41, 5.74) is 12.1. The summed E-state index contributed by atoms with van der Waals surface area (Å²) in [4.78, 5) is 21.6. The van der Waals surface area contributed by atoms with Gasteiger partial charge in [0.25, 0.3) is 11.8 Å². The molecule has 8 heteroatoms. The van der Waals surface area contributed by atoms with Gasteiger partial charge >= 0.3 is 0 Å². The molecule has 2 amide bonds. The number of hydrazone groups is 1. The van der Waals surface area contributed by atoms with Crippen LogP contribution in [0.15, 0.2) is 23.3 Å². The Morgan fingerprint density at radius 3 is 2.18 bits per heavy atom. The van der Waals surface area contributed by atoms with E-state index in [0.717, 1.165) is 0 Å². The van der Waals surface area contributed by atoms with Gasteiger partial charge in [-0.3, -0.25) is 15.0 Å². The predicted octanol–water partition coefficient (Wildman–Crippen LogP) is 0.732. The second-order valence-corrected chi connectivity index (χ2v) is 3.74. The molecular formula is C9H8Cl2N4O2. The summed E-state index contributed by atoms with van der Waals surface area (Å²) in [6.45, 7) is 0. The van der Waals surface area contributed by atoms with Gasteiger partial charge in [0.2, 0.25) is 5.71 Å². The van der Waals surface area contributed by atoms with Gasteiger partial charge in [0.15, 0.2) is 0 Å². The first-order valence-corrected chi connectivity index (χ1v) is 5.05. The Kier molecular flexibility index (Phi) is 4.30. The van der Waals surface area contributed by atoms with Crippen molar-refractivity contribution >= 4 is 46.4 Å². The third-order valence-electron chi connectivity index (χ3n) is 1.68. The van der Waals surface area contributed by atoms with Crippen molar-refractivity contribution in [3.8, 4) is 0 Å². The summed E-state index contributed by atoms with van der Waals surface area (Å²) in [5.74, 6) is -2.05. The topological polar surface area (TPSA) is 111 Å². The number of nitrogens with one attached hydrogen (secondary N) is 1. The maximum absolute atomic E-state index is 10.8. The van der Waals surface area contributed by atoms with E-state index in [9.17, 15) is 9.59 Å². The summed E-state index contributed by atoms with van der Waals surface area (Å²) >= 11 is 11.5. The van der Waals surface area contributed by atoms with Crippen LogP contribution in [0.1, 0.15) is 0 Å². The van der Waals surface area contributed by atoms with Gasteiger partial charge in [-0.2, -0.15) is 5.10 Å². The number of halogens is 2. The van der Waals surface area contributed by atoms with Gasteiger partial charge in [0, 0.05) is 0 Å². The van der Waals surface area contributed by atoms with E-state index in [0.29, 0.717) is 15.7 Å². The molecule has 6 nitrogen and oxygen atoms in total. The summed E-state index contributed by atoms with van der Waals surface area (Å²) < 4.78 is 0. The Bertz CT molecular complexity index is 486. The van der Waals surface area contributed by atoms with E-state index in [1.54, 1.807) is 6.07 Å². The van der Waals surface area contributed by atoms with Crippen LogP contribution in [0.5, 0.6) is 0 Å². The average molecular weight is 275 g/mol. The van der Waals surface area contributed by atoms with E-state index in [4.69, 9.17) is 34.7 Å². The number of hydrogen-bond acceptors (Lipinski definition) is 4. The highest BCUT2D eigenvalue weighted by molar-refractivity contribution is 6.64. The van der Waals surface area contributed by atoms with Crippen LogP contribution < -0.4 is 16.9 Å². The summed E-state index contributed by atoms with van der Waals surface area (Å²) in [7, 11) is 0. The number of carbonyl (C=O) groups is 2. The molecule has 0 unspecified atom stereocenters. The Balaban J connectivity index is 2.91. The van der Waals surface area contributed by atoms with E-state index in [2.05, 4.69) is 10.5 Å². The van der Waals surface area contributed by atoms with Gasteiger partial charge in [-0.1, -0.05) is 23.2 Å². The second-order valence-electron chi connectivity index (χ2n) is 2.93. The van der Waals surface area contributed by atoms with Crippen molar-refractivity contribution in [1.82, 2.24) is 0 Å². The molecule has 0 atom stereocenters. The number of amides is 2. The normalized spacial score (nSPS) is 9.53. The molecule has 0 aromatic heterocycles. The van der Waals surface area contributed by atoms with E-state index in [1.165, 1.54) is 12.1 Å². The molecule has 0 aliphatic rings. The van der Waals surface area contributed by atoms with Crippen LogP contribution in [0.2, 0.25) is 10.0 Å². The first kappa shape index (κ1) is 13.3. The predicted molar refractivity (Wildman–Crippen MR) is 65.9 cm³/mol. The maximum atomic E-state index is 10.8. The minimum Gasteiger partial charge on any atom is -0.364 e. The lowest BCUT2D eigenvalue weighted by atomic mass is 10.3. The maximum Gasteiger partial charge on any atom is 0.274 e. The molecule has 1 aromatic rings. The average Bonchev–Trinajstić information content (AvgIpc) is 2.22. The molecule has 0 aliphatic carbocycles. The standard InChI is InChI=1S/C9H8Cl2N4O2/c10-5-2-1-4(3-6(5)11)14-15-7(8(12)16)9(13)17/h1-3,14H,(H2,12,16)(H2,13,17). The number of nitrogens with two attached hydrogens (primary N) is 2. The third kappa shape index (κ3) is 3.61. The highest BCUT2D eigenvalue weighted by Gasteiger charge is 2.13. The van der Waals surface area contributed by atoms with Crippen LogP contribution in [0.4, 0.5) is 5.69 Å². The van der Waals surface area contributed by atoms with Crippen molar-refractivity contribution in [3.63, 3.8) is 0 Å². The van der Waals surface area contributed by atoms with Gasteiger partial charge in [-0.15, -0.1) is 0 Å². The Morgan fingerprint density at radius 1 is 1.12 bits per heavy atom. The monoisotopic (exact) mass is 274 g/mol. The molecule has 0 aliphatic heterocycles. The molecule has 5 N–H and O–H groups in total. The van der Waals surface area contributed by atoms with Crippen LogP contribution in [-0.4, -0.2) is 17.5 Å². The number of hydrogen-bond donors (Lipinski definition) is 3. The molecule has 0 bridgehead atoms. The number of anilines is 1. The first-order valence-electron chi connectivity index (χ1n) is 4.30. The van der Waals surface area contributed by atoms with E-state index in [1.807, 2.05) is 0 Å². The number of nitrogens with zero attached hydrogens (tertiary/aromatic N) is 1. The first-order chi connectivity index (χ1) is 7.91. The van der Waals surface area contributed by atoms with Crippen molar-refractivity contribution < 1.29 is 9.59 Å². The van der Waals surface area contributed by atoms with Crippen molar-refractivity contribution in [3.05, 3.63) is 28.2 Å². The highest BCUT2D eigenvalue weighted by Crippen LogP contribution is 2.24. The minimum absolute atomic E-state index is 0.298. The molecule has 0 radical (unpaired) electrons. The van der Waals surface area contributed by atoms with Crippen molar-refractivity contribution in [2.24, 2.45) is 16.6 Å². The zero-order chi connectivity index (χ0) is 13.0. The lowest BCUT2D eigenvalue weighted by Crippen LogP contribution is -2.36. The lowest BCUT2D eigenvalue weighted by molar-refractivity contribution is -0.115. The number of carbonyl (C=O) groups excluding carboxylic acids is 2. The summed E-state index contributed by atoms with van der Waals surface area (Å²) in [5, 5.41) is 4.14. The van der Waals surface area contributed by atoms with Gasteiger partial charge < -0.3 is 11.5 Å². The minimum atomic E-state index is -1.02. The lowest BCUT2D eigenvalue weighted by Gasteiger charge is -2.03. The summed E-state index contributed by atoms with van der Waals surface area (Å²) in [6.07, 6.45) is 0. The Morgan fingerprint density at radius 2 is 1.71 bits per heavy atom. The zero-order valence-electron chi connectivity index (χ0n) is 8.41. The number of benzene rings is 1. The molecule has 90 valence electrons. The molecular weight excluding hydrogens is 267 g/mol. The molecule has 1 aromatic carbocycles. The van der Waals surface area contributed by atoms with Crippen molar-refractivity contribution in [1.29, 1.82) is 0 Å². The highest BCUT2D eigenvalue weighted by atomic mass is 35.5. The van der Waals surface area contributed by atoms with Crippen LogP contribution in [-0.2, 0) is 9.59 Å². The van der Waals surface area contributed by atoms with Crippen molar-refractivity contribution in [2.75, 3.05) is 5.43 Å². The number of primary amides is 2. The number of rotatable bonds is 4. The van der Waals surface area contributed by atoms with E-state index < -0.39 is 17.5 Å². The third-order valence-corrected chi connectivity index (χ3v) is 2.42. The van der Waals surface area contributed by atoms with Gasteiger partial charge in [0.1, 0.15) is 0 Å². The molecule has 1 rings (SSSR count). The van der Waals surface area contributed by atoms with E-state index >= 15 is 0 Å². The molecule has 0 spiro atoms. The van der Waals surface area contributed by atoms with E-state index in [-0.39, 0.29) is 0 Å². The van der Waals surface area contributed by atoms with Gasteiger partial charge in [-0.25, -0.2) is 0 Å². The van der Waals surface area contributed by atoms with Crippen LogP contribution >= 0.6 is 23.2 Å². The SMILES string of the molecule is NC(=O)C(=NNc1ccc(Cl)c(Cl)c1)C(N)=O.